The zero-order valence-electron chi connectivity index (χ0n) is 22.7. The number of nitrogens with zero attached hydrogens (tertiary/aromatic N) is 5. The standard InChI is InChI=1S/C29H32N6O4/c1-29(2,3)39-28(37)34-15-13-33(14-16-34)22-9-10-24-21(17-22)11-12-35-26(31-24)23(18-30)25(32-35)19-5-7-20(8-6-19)27(36)38-4/h5-10,17,31H,11-16H2,1-4H3. The highest BCUT2D eigenvalue weighted by Crippen LogP contribution is 2.35. The largest absolute Gasteiger partial charge is 0.465 e. The second kappa shape index (κ2) is 10.3. The number of aryl methyl sites for hydroxylation is 2. The lowest BCUT2D eigenvalue weighted by molar-refractivity contribution is 0.0240. The summed E-state index contributed by atoms with van der Waals surface area (Å²) in [5.41, 5.74) is 4.89. The highest BCUT2D eigenvalue weighted by molar-refractivity contribution is 5.90. The van der Waals surface area contributed by atoms with Gasteiger partial charge in [-0.05, 0) is 63.1 Å². The lowest BCUT2D eigenvalue weighted by Crippen LogP contribution is -2.50. The lowest BCUT2D eigenvalue weighted by Gasteiger charge is -2.37. The summed E-state index contributed by atoms with van der Waals surface area (Å²) in [6, 6.07) is 15.5. The number of methoxy groups -OCH3 is 1. The Kier molecular flexibility index (Phi) is 6.91. The van der Waals surface area contributed by atoms with Gasteiger partial charge in [0.1, 0.15) is 28.7 Å². The van der Waals surface area contributed by atoms with Gasteiger partial charge >= 0.3 is 12.1 Å². The van der Waals surface area contributed by atoms with Crippen LogP contribution in [0, 0.1) is 11.3 Å². The molecule has 0 saturated carbocycles. The molecule has 1 N–H and O–H groups in total. The third-order valence-electron chi connectivity index (χ3n) is 6.88. The fourth-order valence-corrected chi connectivity index (χ4v) is 4.87. The van der Waals surface area contributed by atoms with Crippen molar-refractivity contribution in [3.8, 4) is 17.3 Å². The van der Waals surface area contributed by atoms with Gasteiger partial charge in [0.05, 0.1) is 12.7 Å². The van der Waals surface area contributed by atoms with E-state index in [1.807, 2.05) is 31.5 Å². The van der Waals surface area contributed by atoms with Crippen LogP contribution in [0.4, 0.5) is 22.0 Å². The predicted molar refractivity (Wildman–Crippen MR) is 147 cm³/mol. The fraction of sp³-hybridized carbons (Fsp3) is 0.379. The SMILES string of the molecule is COC(=O)c1ccc(-c2nn3c(c2C#N)Nc2ccc(N4CCN(C(=O)OC(C)(C)C)CC4)cc2CC3)cc1. The molecule has 3 heterocycles. The third-order valence-corrected chi connectivity index (χ3v) is 6.88. The molecule has 1 aromatic heterocycles. The molecule has 0 radical (unpaired) electrons. The van der Waals surface area contributed by atoms with Crippen LogP contribution in [0.2, 0.25) is 0 Å². The smallest absolute Gasteiger partial charge is 0.410 e. The van der Waals surface area contributed by atoms with Gasteiger partial charge < -0.3 is 24.6 Å². The summed E-state index contributed by atoms with van der Waals surface area (Å²) in [6.45, 7) is 8.90. The Bertz CT molecular complexity index is 1440. The number of nitriles is 1. The van der Waals surface area contributed by atoms with Crippen LogP contribution >= 0.6 is 0 Å². The van der Waals surface area contributed by atoms with Crippen molar-refractivity contribution in [2.75, 3.05) is 43.5 Å². The maximum absolute atomic E-state index is 12.4. The molecule has 0 aliphatic carbocycles. The number of amides is 1. The number of carbonyl (C=O) groups excluding carboxylic acids is 2. The molecule has 10 nitrogen and oxygen atoms in total. The van der Waals surface area contributed by atoms with Gasteiger partial charge in [-0.3, -0.25) is 0 Å². The summed E-state index contributed by atoms with van der Waals surface area (Å²) < 4.78 is 12.1. The van der Waals surface area contributed by atoms with Crippen molar-refractivity contribution in [2.24, 2.45) is 0 Å². The molecule has 0 spiro atoms. The Labute approximate surface area is 227 Å². The zero-order chi connectivity index (χ0) is 27.7. The fourth-order valence-electron chi connectivity index (χ4n) is 4.87. The highest BCUT2D eigenvalue weighted by atomic mass is 16.6. The van der Waals surface area contributed by atoms with E-state index < -0.39 is 11.6 Å². The Hall–Kier alpha value is -4.52. The molecule has 2 aromatic carbocycles. The molecule has 10 heteroatoms. The van der Waals surface area contributed by atoms with Crippen molar-refractivity contribution in [3.63, 3.8) is 0 Å². The van der Waals surface area contributed by atoms with Crippen molar-refractivity contribution in [1.29, 1.82) is 5.26 Å². The van der Waals surface area contributed by atoms with Crippen LogP contribution in [0.25, 0.3) is 11.3 Å². The maximum Gasteiger partial charge on any atom is 0.410 e. The number of carbonyl (C=O) groups is 2. The van der Waals surface area contributed by atoms with Crippen LogP contribution in [0.1, 0.15) is 42.3 Å². The maximum atomic E-state index is 12.4. The highest BCUT2D eigenvalue weighted by Gasteiger charge is 2.27. The van der Waals surface area contributed by atoms with Crippen molar-refractivity contribution in [3.05, 3.63) is 59.2 Å². The molecule has 39 heavy (non-hydrogen) atoms. The van der Waals surface area contributed by atoms with E-state index in [1.165, 1.54) is 7.11 Å². The van der Waals surface area contributed by atoms with Crippen LogP contribution in [-0.2, 0) is 22.4 Å². The Morgan fingerprint density at radius 3 is 2.38 bits per heavy atom. The van der Waals surface area contributed by atoms with Crippen molar-refractivity contribution < 1.29 is 19.1 Å². The Morgan fingerprint density at radius 1 is 1.03 bits per heavy atom. The summed E-state index contributed by atoms with van der Waals surface area (Å²) in [7, 11) is 1.34. The zero-order valence-corrected chi connectivity index (χ0v) is 22.7. The number of ether oxygens (including phenoxy) is 2. The average Bonchev–Trinajstić information content (AvgIpc) is 3.17. The van der Waals surface area contributed by atoms with Gasteiger partial charge in [-0.1, -0.05) is 12.1 Å². The molecule has 1 amide bonds. The normalized spacial score (nSPS) is 14.8. The monoisotopic (exact) mass is 528 g/mol. The number of hydrogen-bond donors (Lipinski definition) is 1. The van der Waals surface area contributed by atoms with E-state index in [-0.39, 0.29) is 6.09 Å². The van der Waals surface area contributed by atoms with Crippen LogP contribution in [0.5, 0.6) is 0 Å². The van der Waals surface area contributed by atoms with Gasteiger partial charge in [0.15, 0.2) is 0 Å². The molecule has 1 fully saturated rings. The summed E-state index contributed by atoms with van der Waals surface area (Å²) in [6.07, 6.45) is 0.476. The van der Waals surface area contributed by atoms with Gasteiger partial charge in [-0.2, -0.15) is 10.4 Å². The van der Waals surface area contributed by atoms with Gasteiger partial charge in [0.25, 0.3) is 0 Å². The lowest BCUT2D eigenvalue weighted by atomic mass is 10.1. The van der Waals surface area contributed by atoms with Crippen LogP contribution < -0.4 is 10.2 Å². The number of rotatable bonds is 3. The molecule has 0 bridgehead atoms. The number of esters is 1. The quantitative estimate of drug-likeness (QED) is 0.492. The Balaban J connectivity index is 1.32. The molecule has 5 rings (SSSR count). The summed E-state index contributed by atoms with van der Waals surface area (Å²) in [5.74, 6) is 0.243. The first-order valence-corrected chi connectivity index (χ1v) is 13.0. The molecular weight excluding hydrogens is 496 g/mol. The van der Waals surface area contributed by atoms with Gasteiger partial charge in [0.2, 0.25) is 0 Å². The van der Waals surface area contributed by atoms with Crippen LogP contribution in [0.15, 0.2) is 42.5 Å². The first kappa shape index (κ1) is 26.1. The van der Waals surface area contributed by atoms with Crippen molar-refractivity contribution >= 4 is 29.3 Å². The van der Waals surface area contributed by atoms with Crippen molar-refractivity contribution in [2.45, 2.75) is 39.3 Å². The first-order valence-electron chi connectivity index (χ1n) is 13.0. The van der Waals surface area contributed by atoms with E-state index in [9.17, 15) is 14.9 Å². The number of nitrogens with one attached hydrogen (secondary N) is 1. The molecule has 0 unspecified atom stereocenters. The summed E-state index contributed by atoms with van der Waals surface area (Å²) in [4.78, 5) is 28.2. The average molecular weight is 529 g/mol. The van der Waals surface area contributed by atoms with Crippen LogP contribution in [0.3, 0.4) is 0 Å². The number of fused-ring (bicyclic) bond motifs is 2. The summed E-state index contributed by atoms with van der Waals surface area (Å²) >= 11 is 0. The second-order valence-electron chi connectivity index (χ2n) is 10.6. The van der Waals surface area contributed by atoms with Crippen LogP contribution in [-0.4, -0.2) is 65.6 Å². The molecule has 0 atom stereocenters. The van der Waals surface area contributed by atoms with E-state index in [2.05, 4.69) is 28.4 Å². The number of hydrogen-bond acceptors (Lipinski definition) is 8. The van der Waals surface area contributed by atoms with Gasteiger partial charge in [0, 0.05) is 49.7 Å². The topological polar surface area (TPSA) is 113 Å². The van der Waals surface area contributed by atoms with E-state index in [1.54, 1.807) is 29.2 Å². The molecule has 3 aromatic rings. The van der Waals surface area contributed by atoms with E-state index >= 15 is 0 Å². The number of benzene rings is 2. The molecule has 202 valence electrons. The number of piperazine rings is 1. The minimum atomic E-state index is -0.507. The van der Waals surface area contributed by atoms with E-state index in [0.717, 1.165) is 42.0 Å². The van der Waals surface area contributed by atoms with Gasteiger partial charge in [-0.15, -0.1) is 0 Å². The minimum absolute atomic E-state index is 0.269. The molecule has 2 aliphatic heterocycles. The molecular formula is C29H32N6O4. The number of anilines is 3. The van der Waals surface area contributed by atoms with Crippen molar-refractivity contribution in [1.82, 2.24) is 14.7 Å². The first-order chi connectivity index (χ1) is 18.7. The summed E-state index contributed by atoms with van der Waals surface area (Å²) in [5, 5.41) is 18.2. The van der Waals surface area contributed by atoms with E-state index in [0.29, 0.717) is 42.3 Å². The minimum Gasteiger partial charge on any atom is -0.465 e. The van der Waals surface area contributed by atoms with Gasteiger partial charge in [-0.25, -0.2) is 14.3 Å². The van der Waals surface area contributed by atoms with E-state index in [4.69, 9.17) is 14.6 Å². The second-order valence-corrected chi connectivity index (χ2v) is 10.6. The molecule has 1 saturated heterocycles. The Morgan fingerprint density at radius 2 is 1.74 bits per heavy atom. The number of aromatic nitrogens is 2. The third kappa shape index (κ3) is 5.39. The molecule has 2 aliphatic rings. The predicted octanol–water partition coefficient (Wildman–Crippen LogP) is 4.57.